The van der Waals surface area contributed by atoms with Gasteiger partial charge in [0.2, 0.25) is 5.91 Å². The third-order valence-electron chi connectivity index (χ3n) is 4.39. The van der Waals surface area contributed by atoms with E-state index in [1.165, 1.54) is 6.92 Å². The van der Waals surface area contributed by atoms with Crippen molar-refractivity contribution in [3.63, 3.8) is 0 Å². The molecule has 28 heavy (non-hydrogen) atoms. The second-order valence-corrected chi connectivity index (χ2v) is 6.28. The largest absolute Gasteiger partial charge is 0.496 e. The van der Waals surface area contributed by atoms with Crippen LogP contribution in [-0.2, 0) is 4.79 Å². The van der Waals surface area contributed by atoms with Gasteiger partial charge in [-0.25, -0.2) is 4.98 Å². The number of nitrogens with zero attached hydrogens (tertiary/aromatic N) is 2. The summed E-state index contributed by atoms with van der Waals surface area (Å²) in [6, 6.07) is 17.0. The van der Waals surface area contributed by atoms with Gasteiger partial charge in [-0.3, -0.25) is 4.79 Å². The topological polar surface area (TPSA) is 101 Å². The molecule has 3 N–H and O–H groups in total. The molecular formula is C22H20N4O2. The van der Waals surface area contributed by atoms with E-state index in [1.54, 1.807) is 19.2 Å². The van der Waals surface area contributed by atoms with Crippen LogP contribution >= 0.6 is 0 Å². The van der Waals surface area contributed by atoms with Crippen LogP contribution in [0.2, 0.25) is 0 Å². The Hall–Kier alpha value is -3.85. The van der Waals surface area contributed by atoms with E-state index in [1.807, 2.05) is 43.3 Å². The van der Waals surface area contributed by atoms with E-state index in [9.17, 15) is 10.1 Å². The predicted octanol–water partition coefficient (Wildman–Crippen LogP) is 4.14. The van der Waals surface area contributed by atoms with Crippen LogP contribution in [0.25, 0.3) is 22.3 Å². The molecule has 0 spiro atoms. The molecule has 0 saturated carbocycles. The van der Waals surface area contributed by atoms with Crippen molar-refractivity contribution < 1.29 is 9.53 Å². The summed E-state index contributed by atoms with van der Waals surface area (Å²) in [4.78, 5) is 15.7. The number of aromatic nitrogens is 1. The molecule has 6 nitrogen and oxygen atoms in total. The van der Waals surface area contributed by atoms with E-state index in [4.69, 9.17) is 10.5 Å². The lowest BCUT2D eigenvalue weighted by atomic mass is 9.89. The number of anilines is 2. The highest BCUT2D eigenvalue weighted by molar-refractivity contribution is 5.94. The molecule has 3 aromatic rings. The summed E-state index contributed by atoms with van der Waals surface area (Å²) in [6.45, 7) is 3.31. The van der Waals surface area contributed by atoms with Crippen molar-refractivity contribution in [1.29, 1.82) is 5.26 Å². The number of benzene rings is 2. The number of pyridine rings is 1. The molecule has 140 valence electrons. The van der Waals surface area contributed by atoms with Gasteiger partial charge in [-0.15, -0.1) is 0 Å². The fourth-order valence-electron chi connectivity index (χ4n) is 3.23. The first-order chi connectivity index (χ1) is 13.5. The van der Waals surface area contributed by atoms with Crippen LogP contribution in [0.4, 0.5) is 11.5 Å². The first-order valence-corrected chi connectivity index (χ1v) is 8.67. The number of carbonyl (C=O) groups is 1. The highest BCUT2D eigenvalue weighted by Crippen LogP contribution is 2.42. The zero-order chi connectivity index (χ0) is 20.3. The molecule has 0 bridgehead atoms. The van der Waals surface area contributed by atoms with Crippen LogP contribution in [0.1, 0.15) is 18.2 Å². The van der Waals surface area contributed by atoms with Gasteiger partial charge in [-0.05, 0) is 30.7 Å². The van der Waals surface area contributed by atoms with E-state index in [2.05, 4.69) is 16.4 Å². The molecule has 0 fully saturated rings. The highest BCUT2D eigenvalue weighted by Gasteiger charge is 2.21. The number of amides is 1. The number of para-hydroxylation sites is 1. The first-order valence-electron chi connectivity index (χ1n) is 8.67. The zero-order valence-corrected chi connectivity index (χ0v) is 15.9. The normalized spacial score (nSPS) is 10.2. The van der Waals surface area contributed by atoms with Gasteiger partial charge in [0.15, 0.2) is 0 Å². The molecular weight excluding hydrogens is 352 g/mol. The van der Waals surface area contributed by atoms with Crippen molar-refractivity contribution in [3.8, 4) is 34.1 Å². The minimum atomic E-state index is -0.149. The monoisotopic (exact) mass is 372 g/mol. The number of carbonyl (C=O) groups excluding carboxylic acids is 1. The average Bonchev–Trinajstić information content (AvgIpc) is 2.68. The van der Waals surface area contributed by atoms with Crippen molar-refractivity contribution >= 4 is 17.4 Å². The summed E-state index contributed by atoms with van der Waals surface area (Å²) in [6.07, 6.45) is 0. The van der Waals surface area contributed by atoms with Crippen LogP contribution in [-0.4, -0.2) is 18.0 Å². The number of nitrogens with two attached hydrogens (primary N) is 1. The predicted molar refractivity (Wildman–Crippen MR) is 110 cm³/mol. The van der Waals surface area contributed by atoms with Gasteiger partial charge in [-0.2, -0.15) is 5.26 Å². The maximum Gasteiger partial charge on any atom is 0.221 e. The summed E-state index contributed by atoms with van der Waals surface area (Å²) in [5.41, 5.74) is 10.8. The second kappa shape index (κ2) is 7.80. The maximum atomic E-state index is 11.3. The number of nitrogens with one attached hydrogen (secondary N) is 1. The van der Waals surface area contributed by atoms with Crippen LogP contribution < -0.4 is 15.8 Å². The van der Waals surface area contributed by atoms with Crippen LogP contribution in [0, 0.1) is 18.3 Å². The third-order valence-corrected chi connectivity index (χ3v) is 4.39. The molecule has 6 heteroatoms. The third kappa shape index (κ3) is 3.51. The Balaban J connectivity index is 2.30. The van der Waals surface area contributed by atoms with E-state index in [-0.39, 0.29) is 11.7 Å². The Morgan fingerprint density at radius 3 is 2.43 bits per heavy atom. The molecule has 1 aromatic heterocycles. The van der Waals surface area contributed by atoms with Crippen molar-refractivity contribution in [2.75, 3.05) is 18.2 Å². The van der Waals surface area contributed by atoms with Crippen LogP contribution in [0.5, 0.6) is 5.75 Å². The van der Waals surface area contributed by atoms with E-state index < -0.39 is 0 Å². The maximum absolute atomic E-state index is 11.3. The number of rotatable bonds is 4. The number of nitrogen functional groups attached to an aromatic ring is 1. The lowest BCUT2D eigenvalue weighted by Gasteiger charge is -2.18. The first kappa shape index (κ1) is 18.9. The van der Waals surface area contributed by atoms with Gasteiger partial charge < -0.3 is 15.8 Å². The Labute approximate surface area is 163 Å². The molecule has 0 aliphatic heterocycles. The summed E-state index contributed by atoms with van der Waals surface area (Å²) in [7, 11) is 1.60. The zero-order valence-electron chi connectivity index (χ0n) is 15.9. The van der Waals surface area contributed by atoms with Gasteiger partial charge in [-0.1, -0.05) is 30.3 Å². The quantitative estimate of drug-likeness (QED) is 0.716. The molecule has 1 amide bonds. The molecule has 2 aromatic carbocycles. The van der Waals surface area contributed by atoms with Crippen LogP contribution in [0.15, 0.2) is 48.5 Å². The van der Waals surface area contributed by atoms with Gasteiger partial charge in [0.1, 0.15) is 23.2 Å². The molecule has 0 unspecified atom stereocenters. The van der Waals surface area contributed by atoms with Gasteiger partial charge >= 0.3 is 0 Å². The number of hydrogen-bond acceptors (Lipinski definition) is 5. The van der Waals surface area contributed by atoms with Crippen LogP contribution in [0.3, 0.4) is 0 Å². The van der Waals surface area contributed by atoms with Crippen molar-refractivity contribution in [2.45, 2.75) is 13.8 Å². The van der Waals surface area contributed by atoms with Crippen molar-refractivity contribution in [3.05, 3.63) is 59.8 Å². The average molecular weight is 372 g/mol. The lowest BCUT2D eigenvalue weighted by Crippen LogP contribution is -2.06. The minimum absolute atomic E-state index is 0.149. The van der Waals surface area contributed by atoms with Crippen molar-refractivity contribution in [2.24, 2.45) is 0 Å². The lowest BCUT2D eigenvalue weighted by molar-refractivity contribution is -0.114. The SMILES string of the molecule is COc1ccccc1-c1c(C)nc(N)c(C#N)c1-c1ccc(NC(C)=O)cc1. The van der Waals surface area contributed by atoms with Gasteiger partial charge in [0, 0.05) is 35.0 Å². The Bertz CT molecular complexity index is 1080. The Kier molecular flexibility index (Phi) is 5.28. The van der Waals surface area contributed by atoms with Crippen molar-refractivity contribution in [1.82, 2.24) is 4.98 Å². The number of ether oxygens (including phenoxy) is 1. The smallest absolute Gasteiger partial charge is 0.221 e. The molecule has 0 atom stereocenters. The molecule has 3 rings (SSSR count). The molecule has 0 saturated heterocycles. The molecule has 0 radical (unpaired) electrons. The summed E-state index contributed by atoms with van der Waals surface area (Å²) < 4.78 is 5.52. The molecule has 0 aliphatic rings. The number of nitriles is 1. The summed E-state index contributed by atoms with van der Waals surface area (Å²) in [5.74, 6) is 0.709. The summed E-state index contributed by atoms with van der Waals surface area (Å²) >= 11 is 0. The van der Waals surface area contributed by atoms with Gasteiger partial charge in [0.05, 0.1) is 7.11 Å². The minimum Gasteiger partial charge on any atom is -0.496 e. The number of aryl methyl sites for hydroxylation is 1. The summed E-state index contributed by atoms with van der Waals surface area (Å²) in [5, 5.41) is 12.5. The molecule has 0 aliphatic carbocycles. The van der Waals surface area contributed by atoms with E-state index in [0.29, 0.717) is 28.3 Å². The Morgan fingerprint density at radius 2 is 1.82 bits per heavy atom. The number of methoxy groups -OCH3 is 1. The fraction of sp³-hybridized carbons (Fsp3) is 0.136. The molecule has 1 heterocycles. The van der Waals surface area contributed by atoms with E-state index >= 15 is 0 Å². The van der Waals surface area contributed by atoms with E-state index in [0.717, 1.165) is 16.7 Å². The standard InChI is InChI=1S/C22H20N4O2/c1-13-20(17-6-4-5-7-19(17)28-3)21(18(12-23)22(24)25-13)15-8-10-16(11-9-15)26-14(2)27/h4-11H,1-3H3,(H2,24,25)(H,26,27). The Morgan fingerprint density at radius 1 is 1.14 bits per heavy atom. The highest BCUT2D eigenvalue weighted by atomic mass is 16.5. The second-order valence-electron chi connectivity index (χ2n) is 6.28. The van der Waals surface area contributed by atoms with Gasteiger partial charge in [0.25, 0.3) is 0 Å². The fourth-order valence-corrected chi connectivity index (χ4v) is 3.23. The number of hydrogen-bond donors (Lipinski definition) is 2.